The molecule has 21 heavy (non-hydrogen) atoms. The summed E-state index contributed by atoms with van der Waals surface area (Å²) in [4.78, 5) is 0. The number of hydrogen-bond acceptors (Lipinski definition) is 2. The normalized spacial score (nSPS) is 21.0. The number of rotatable bonds is 2. The summed E-state index contributed by atoms with van der Waals surface area (Å²) in [5.74, 6) is 0.601. The fourth-order valence-electron chi connectivity index (χ4n) is 2.94. The zero-order chi connectivity index (χ0) is 15.0. The molecule has 0 saturated heterocycles. The minimum atomic E-state index is -0.862. The maximum absolute atomic E-state index is 11.1. The van der Waals surface area contributed by atoms with E-state index in [-0.39, 0.29) is 0 Å². The second-order valence-electron chi connectivity index (χ2n) is 5.47. The molecule has 1 unspecified atom stereocenters. The number of aryl methyl sites for hydroxylation is 1. The Hall–Kier alpha value is -1.03. The highest BCUT2D eigenvalue weighted by Gasteiger charge is 2.34. The van der Waals surface area contributed by atoms with Gasteiger partial charge >= 0.3 is 0 Å². The second-order valence-corrected chi connectivity index (χ2v) is 6.79. The standard InChI is InChI=1S/C17H16BrClO2/c1-21-16-9-13(3-5-15(16)19)17(20)7-6-11-8-14(18)4-2-12(11)10-17/h2-5,8-9,20H,6-7,10H2,1H3. The molecule has 4 heteroatoms. The van der Waals surface area contributed by atoms with E-state index in [1.807, 2.05) is 18.2 Å². The van der Waals surface area contributed by atoms with E-state index in [2.05, 4.69) is 28.1 Å². The van der Waals surface area contributed by atoms with Gasteiger partial charge in [0.25, 0.3) is 0 Å². The molecule has 0 spiro atoms. The Bertz CT molecular complexity index is 686. The van der Waals surface area contributed by atoms with E-state index in [0.717, 1.165) is 16.5 Å². The van der Waals surface area contributed by atoms with Crippen LogP contribution in [0.2, 0.25) is 5.02 Å². The molecule has 3 rings (SSSR count). The van der Waals surface area contributed by atoms with Crippen LogP contribution < -0.4 is 4.74 Å². The Morgan fingerprint density at radius 2 is 2.00 bits per heavy atom. The Kier molecular flexibility index (Phi) is 4.00. The minimum Gasteiger partial charge on any atom is -0.495 e. The summed E-state index contributed by atoms with van der Waals surface area (Å²) in [7, 11) is 1.59. The number of benzene rings is 2. The van der Waals surface area contributed by atoms with Gasteiger partial charge in [-0.25, -0.2) is 0 Å². The van der Waals surface area contributed by atoms with E-state index in [9.17, 15) is 5.11 Å². The summed E-state index contributed by atoms with van der Waals surface area (Å²) in [5.41, 5.74) is 2.49. The van der Waals surface area contributed by atoms with Crippen molar-refractivity contribution in [2.75, 3.05) is 7.11 Å². The van der Waals surface area contributed by atoms with Crippen LogP contribution in [0.15, 0.2) is 40.9 Å². The lowest BCUT2D eigenvalue weighted by molar-refractivity contribution is 0.0220. The minimum absolute atomic E-state index is 0.560. The molecule has 110 valence electrons. The molecule has 0 aliphatic heterocycles. The van der Waals surface area contributed by atoms with Crippen LogP contribution in [0, 0.1) is 0 Å². The van der Waals surface area contributed by atoms with E-state index < -0.39 is 5.60 Å². The van der Waals surface area contributed by atoms with E-state index in [0.29, 0.717) is 23.6 Å². The number of methoxy groups -OCH3 is 1. The summed E-state index contributed by atoms with van der Waals surface area (Å²) in [6, 6.07) is 11.7. The van der Waals surface area contributed by atoms with Crippen LogP contribution in [-0.4, -0.2) is 12.2 Å². The van der Waals surface area contributed by atoms with Gasteiger partial charge in [-0.15, -0.1) is 0 Å². The molecule has 0 fully saturated rings. The summed E-state index contributed by atoms with van der Waals surface area (Å²) < 4.78 is 6.34. The van der Waals surface area contributed by atoms with E-state index in [1.165, 1.54) is 11.1 Å². The molecule has 0 saturated carbocycles. The summed E-state index contributed by atoms with van der Waals surface area (Å²) in [6.45, 7) is 0. The van der Waals surface area contributed by atoms with Gasteiger partial charge in [0, 0.05) is 10.9 Å². The Labute approximate surface area is 137 Å². The average molecular weight is 368 g/mol. The SMILES string of the molecule is COc1cc(C2(O)CCc3cc(Br)ccc3C2)ccc1Cl. The zero-order valence-corrected chi connectivity index (χ0v) is 14.0. The lowest BCUT2D eigenvalue weighted by Crippen LogP contribution is -2.33. The second kappa shape index (κ2) is 5.64. The van der Waals surface area contributed by atoms with Gasteiger partial charge in [0.1, 0.15) is 5.75 Å². The van der Waals surface area contributed by atoms with Crippen LogP contribution in [0.1, 0.15) is 23.1 Å². The van der Waals surface area contributed by atoms with Crippen LogP contribution in [0.5, 0.6) is 5.75 Å². The molecule has 1 aliphatic rings. The fourth-order valence-corrected chi connectivity index (χ4v) is 3.54. The van der Waals surface area contributed by atoms with Gasteiger partial charge < -0.3 is 9.84 Å². The molecule has 2 aromatic carbocycles. The monoisotopic (exact) mass is 366 g/mol. The number of halogens is 2. The summed E-state index contributed by atoms with van der Waals surface area (Å²) in [6.07, 6.45) is 2.16. The van der Waals surface area contributed by atoms with E-state index in [1.54, 1.807) is 13.2 Å². The number of ether oxygens (including phenoxy) is 1. The van der Waals surface area contributed by atoms with Crippen molar-refractivity contribution in [2.24, 2.45) is 0 Å². The first kappa shape index (κ1) is 14.9. The van der Waals surface area contributed by atoms with Crippen molar-refractivity contribution in [3.63, 3.8) is 0 Å². The Morgan fingerprint density at radius 1 is 1.19 bits per heavy atom. The van der Waals surface area contributed by atoms with Crippen molar-refractivity contribution in [1.29, 1.82) is 0 Å². The van der Waals surface area contributed by atoms with Gasteiger partial charge in [-0.2, -0.15) is 0 Å². The molecule has 2 nitrogen and oxygen atoms in total. The molecule has 1 aliphatic carbocycles. The zero-order valence-electron chi connectivity index (χ0n) is 11.7. The molecule has 0 bridgehead atoms. The van der Waals surface area contributed by atoms with Crippen molar-refractivity contribution in [1.82, 2.24) is 0 Å². The highest BCUT2D eigenvalue weighted by Crippen LogP contribution is 2.39. The van der Waals surface area contributed by atoms with E-state index in [4.69, 9.17) is 16.3 Å². The molecule has 2 aromatic rings. The van der Waals surface area contributed by atoms with Crippen molar-refractivity contribution < 1.29 is 9.84 Å². The molecule has 0 aromatic heterocycles. The van der Waals surface area contributed by atoms with E-state index >= 15 is 0 Å². The molecule has 0 amide bonds. The largest absolute Gasteiger partial charge is 0.495 e. The number of hydrogen-bond donors (Lipinski definition) is 1. The van der Waals surface area contributed by atoms with Gasteiger partial charge in [-0.3, -0.25) is 0 Å². The van der Waals surface area contributed by atoms with Gasteiger partial charge in [0.15, 0.2) is 0 Å². The van der Waals surface area contributed by atoms with Gasteiger partial charge in [-0.1, -0.05) is 39.7 Å². The molecular weight excluding hydrogens is 352 g/mol. The third-order valence-corrected chi connectivity index (χ3v) is 4.95. The van der Waals surface area contributed by atoms with Crippen LogP contribution >= 0.6 is 27.5 Å². The molecule has 0 heterocycles. The van der Waals surface area contributed by atoms with Crippen LogP contribution in [0.3, 0.4) is 0 Å². The predicted molar refractivity (Wildman–Crippen MR) is 88.1 cm³/mol. The molecular formula is C17H16BrClO2. The first-order chi connectivity index (χ1) is 10.0. The van der Waals surface area contributed by atoms with Crippen LogP contribution in [0.4, 0.5) is 0 Å². The van der Waals surface area contributed by atoms with Gasteiger partial charge in [0.05, 0.1) is 17.7 Å². The van der Waals surface area contributed by atoms with Crippen molar-refractivity contribution in [2.45, 2.75) is 24.9 Å². The average Bonchev–Trinajstić information content (AvgIpc) is 2.48. The van der Waals surface area contributed by atoms with Crippen molar-refractivity contribution in [3.05, 3.63) is 62.6 Å². The fraction of sp³-hybridized carbons (Fsp3) is 0.294. The predicted octanol–water partition coefficient (Wildman–Crippen LogP) is 4.49. The third-order valence-electron chi connectivity index (χ3n) is 4.15. The quantitative estimate of drug-likeness (QED) is 0.847. The van der Waals surface area contributed by atoms with Crippen LogP contribution in [0.25, 0.3) is 0 Å². The summed E-state index contributed by atoms with van der Waals surface area (Å²) >= 11 is 9.56. The van der Waals surface area contributed by atoms with Gasteiger partial charge in [0.2, 0.25) is 0 Å². The highest BCUT2D eigenvalue weighted by atomic mass is 79.9. The van der Waals surface area contributed by atoms with Crippen molar-refractivity contribution >= 4 is 27.5 Å². The third kappa shape index (κ3) is 2.83. The maximum atomic E-state index is 11.1. The number of aliphatic hydroxyl groups is 1. The molecule has 1 N–H and O–H groups in total. The first-order valence-corrected chi connectivity index (χ1v) is 8.03. The topological polar surface area (TPSA) is 29.5 Å². The van der Waals surface area contributed by atoms with Gasteiger partial charge in [-0.05, 0) is 53.8 Å². The highest BCUT2D eigenvalue weighted by molar-refractivity contribution is 9.10. The lowest BCUT2D eigenvalue weighted by atomic mass is 9.76. The summed E-state index contributed by atoms with van der Waals surface area (Å²) in [5, 5.41) is 11.6. The first-order valence-electron chi connectivity index (χ1n) is 6.85. The number of fused-ring (bicyclic) bond motifs is 1. The van der Waals surface area contributed by atoms with Crippen LogP contribution in [-0.2, 0) is 18.4 Å². The smallest absolute Gasteiger partial charge is 0.137 e. The maximum Gasteiger partial charge on any atom is 0.137 e. The Morgan fingerprint density at radius 3 is 2.76 bits per heavy atom. The lowest BCUT2D eigenvalue weighted by Gasteiger charge is -2.34. The molecule has 1 atom stereocenters. The Balaban J connectivity index is 1.97. The van der Waals surface area contributed by atoms with Crippen molar-refractivity contribution in [3.8, 4) is 5.75 Å². The molecule has 0 radical (unpaired) electrons.